The minimum atomic E-state index is -0.555. The van der Waals surface area contributed by atoms with Crippen LogP contribution in [0.5, 0.6) is 0 Å². The van der Waals surface area contributed by atoms with Crippen LogP contribution in [0, 0.1) is 11.7 Å². The van der Waals surface area contributed by atoms with Crippen molar-refractivity contribution in [2.24, 2.45) is 5.92 Å². The van der Waals surface area contributed by atoms with E-state index >= 15 is 0 Å². The Morgan fingerprint density at radius 2 is 1.70 bits per heavy atom. The van der Waals surface area contributed by atoms with E-state index < -0.39 is 6.04 Å². The van der Waals surface area contributed by atoms with Crippen molar-refractivity contribution in [3.63, 3.8) is 0 Å². The second kappa shape index (κ2) is 10.2. The van der Waals surface area contributed by atoms with Gasteiger partial charge in [-0.25, -0.2) is 4.39 Å². The standard InChI is InChI=1S/C24H30FN3O2/c1-3-18(2)22(26-23(29)19-8-5-4-6-9-19)24(30)28-15-7-14-27(16-17-28)21-12-10-20(25)11-13-21/h4-6,8-13,18,22H,3,7,14-17H2,1-2H3,(H,26,29). The Kier molecular flexibility index (Phi) is 7.44. The fourth-order valence-electron chi connectivity index (χ4n) is 3.74. The molecule has 6 heteroatoms. The number of hydrogen-bond acceptors (Lipinski definition) is 3. The summed E-state index contributed by atoms with van der Waals surface area (Å²) in [6, 6.07) is 14.9. The van der Waals surface area contributed by atoms with Crippen molar-refractivity contribution < 1.29 is 14.0 Å². The van der Waals surface area contributed by atoms with Crippen molar-refractivity contribution in [3.05, 3.63) is 66.0 Å². The van der Waals surface area contributed by atoms with Crippen LogP contribution in [0.4, 0.5) is 10.1 Å². The highest BCUT2D eigenvalue weighted by Gasteiger charge is 2.31. The quantitative estimate of drug-likeness (QED) is 0.789. The van der Waals surface area contributed by atoms with Crippen molar-refractivity contribution in [2.45, 2.75) is 32.7 Å². The summed E-state index contributed by atoms with van der Waals surface area (Å²) < 4.78 is 13.2. The van der Waals surface area contributed by atoms with Crippen LogP contribution in [0.2, 0.25) is 0 Å². The zero-order valence-electron chi connectivity index (χ0n) is 17.7. The predicted molar refractivity (Wildman–Crippen MR) is 117 cm³/mol. The Labute approximate surface area is 177 Å². The first-order valence-electron chi connectivity index (χ1n) is 10.6. The van der Waals surface area contributed by atoms with Gasteiger partial charge in [-0.2, -0.15) is 0 Å². The van der Waals surface area contributed by atoms with E-state index in [0.717, 1.165) is 25.1 Å². The van der Waals surface area contributed by atoms with E-state index in [1.54, 1.807) is 24.3 Å². The second-order valence-corrected chi connectivity index (χ2v) is 7.84. The molecule has 0 spiro atoms. The topological polar surface area (TPSA) is 52.7 Å². The van der Waals surface area contributed by atoms with Gasteiger partial charge in [-0.3, -0.25) is 9.59 Å². The van der Waals surface area contributed by atoms with Gasteiger partial charge in [-0.05, 0) is 48.7 Å². The van der Waals surface area contributed by atoms with E-state index in [4.69, 9.17) is 0 Å². The van der Waals surface area contributed by atoms with Gasteiger partial charge >= 0.3 is 0 Å². The molecule has 0 aromatic heterocycles. The van der Waals surface area contributed by atoms with E-state index in [9.17, 15) is 14.0 Å². The Morgan fingerprint density at radius 3 is 2.37 bits per heavy atom. The fourth-order valence-corrected chi connectivity index (χ4v) is 3.74. The number of amides is 2. The summed E-state index contributed by atoms with van der Waals surface area (Å²) in [6.45, 7) is 6.72. The van der Waals surface area contributed by atoms with Crippen LogP contribution in [0.15, 0.2) is 54.6 Å². The molecule has 5 nitrogen and oxygen atoms in total. The molecule has 0 bridgehead atoms. The summed E-state index contributed by atoms with van der Waals surface area (Å²) in [7, 11) is 0. The molecule has 1 aliphatic heterocycles. The van der Waals surface area contributed by atoms with Crippen molar-refractivity contribution in [3.8, 4) is 0 Å². The lowest BCUT2D eigenvalue weighted by Crippen LogP contribution is -2.52. The summed E-state index contributed by atoms with van der Waals surface area (Å²) in [5.74, 6) is -0.482. The summed E-state index contributed by atoms with van der Waals surface area (Å²) in [5, 5.41) is 2.97. The van der Waals surface area contributed by atoms with E-state index in [-0.39, 0.29) is 23.5 Å². The van der Waals surface area contributed by atoms with Crippen LogP contribution in [0.25, 0.3) is 0 Å². The first-order valence-corrected chi connectivity index (χ1v) is 10.6. The molecule has 3 rings (SSSR count). The number of benzene rings is 2. The van der Waals surface area contributed by atoms with Gasteiger partial charge in [0.15, 0.2) is 0 Å². The molecule has 0 aliphatic carbocycles. The van der Waals surface area contributed by atoms with Gasteiger partial charge < -0.3 is 15.1 Å². The summed E-state index contributed by atoms with van der Waals surface area (Å²) in [6.07, 6.45) is 1.62. The molecular weight excluding hydrogens is 381 g/mol. The molecule has 1 N–H and O–H groups in total. The van der Waals surface area contributed by atoms with Crippen molar-refractivity contribution in [2.75, 3.05) is 31.1 Å². The number of nitrogens with one attached hydrogen (secondary N) is 1. The van der Waals surface area contributed by atoms with Crippen LogP contribution >= 0.6 is 0 Å². The van der Waals surface area contributed by atoms with Crippen LogP contribution in [0.1, 0.15) is 37.0 Å². The van der Waals surface area contributed by atoms with E-state index in [1.807, 2.05) is 36.9 Å². The van der Waals surface area contributed by atoms with Crippen molar-refractivity contribution >= 4 is 17.5 Å². The Morgan fingerprint density at radius 1 is 1.00 bits per heavy atom. The van der Waals surface area contributed by atoms with Gasteiger partial charge in [0.05, 0.1) is 0 Å². The molecule has 1 aliphatic rings. The van der Waals surface area contributed by atoms with Crippen molar-refractivity contribution in [1.82, 2.24) is 10.2 Å². The zero-order valence-corrected chi connectivity index (χ0v) is 17.7. The minimum absolute atomic E-state index is 0.0293. The average Bonchev–Trinajstić information content (AvgIpc) is 3.04. The molecule has 160 valence electrons. The van der Waals surface area contributed by atoms with Gasteiger partial charge in [0.1, 0.15) is 11.9 Å². The highest BCUT2D eigenvalue weighted by molar-refractivity contribution is 5.97. The maximum Gasteiger partial charge on any atom is 0.251 e. The van der Waals surface area contributed by atoms with Crippen LogP contribution < -0.4 is 10.2 Å². The number of hydrogen-bond donors (Lipinski definition) is 1. The van der Waals surface area contributed by atoms with E-state index in [1.165, 1.54) is 12.1 Å². The molecule has 30 heavy (non-hydrogen) atoms. The maximum absolute atomic E-state index is 13.3. The molecule has 0 radical (unpaired) electrons. The lowest BCUT2D eigenvalue weighted by molar-refractivity contribution is -0.134. The first kappa shape index (κ1) is 21.8. The molecule has 1 fully saturated rings. The normalized spacial score (nSPS) is 16.5. The number of halogens is 1. The average molecular weight is 412 g/mol. The number of rotatable bonds is 6. The third-order valence-corrected chi connectivity index (χ3v) is 5.80. The Balaban J connectivity index is 1.68. The smallest absolute Gasteiger partial charge is 0.251 e. The monoisotopic (exact) mass is 411 g/mol. The molecule has 2 aromatic carbocycles. The molecule has 1 heterocycles. The molecule has 1 saturated heterocycles. The van der Waals surface area contributed by atoms with Gasteiger partial charge in [-0.1, -0.05) is 38.5 Å². The maximum atomic E-state index is 13.3. The molecule has 0 saturated carbocycles. The molecule has 2 unspecified atom stereocenters. The Bertz CT molecular complexity index is 841. The number of anilines is 1. The number of carbonyl (C=O) groups excluding carboxylic acids is 2. The minimum Gasteiger partial charge on any atom is -0.370 e. The molecular formula is C24H30FN3O2. The van der Waals surface area contributed by atoms with E-state index in [2.05, 4.69) is 10.2 Å². The first-order chi connectivity index (χ1) is 14.5. The van der Waals surface area contributed by atoms with E-state index in [0.29, 0.717) is 25.2 Å². The van der Waals surface area contributed by atoms with Gasteiger partial charge in [0.25, 0.3) is 5.91 Å². The predicted octanol–water partition coefficient (Wildman–Crippen LogP) is 3.71. The van der Waals surface area contributed by atoms with Gasteiger partial charge in [-0.15, -0.1) is 0 Å². The second-order valence-electron chi connectivity index (χ2n) is 7.84. The molecule has 2 amide bonds. The van der Waals surface area contributed by atoms with Gasteiger partial charge in [0.2, 0.25) is 5.91 Å². The third kappa shape index (κ3) is 5.38. The summed E-state index contributed by atoms with van der Waals surface area (Å²) in [5.41, 5.74) is 1.51. The highest BCUT2D eigenvalue weighted by Crippen LogP contribution is 2.19. The van der Waals surface area contributed by atoms with Crippen molar-refractivity contribution in [1.29, 1.82) is 0 Å². The molecule has 2 atom stereocenters. The summed E-state index contributed by atoms with van der Waals surface area (Å²) in [4.78, 5) is 30.1. The fraction of sp³-hybridized carbons (Fsp3) is 0.417. The largest absolute Gasteiger partial charge is 0.370 e. The SMILES string of the molecule is CCC(C)C(NC(=O)c1ccccc1)C(=O)N1CCCN(c2ccc(F)cc2)CC1. The number of carbonyl (C=O) groups is 2. The zero-order chi connectivity index (χ0) is 21.5. The lowest BCUT2D eigenvalue weighted by atomic mass is 9.97. The van der Waals surface area contributed by atoms with Gasteiger partial charge in [0, 0.05) is 37.4 Å². The number of nitrogens with zero attached hydrogens (tertiary/aromatic N) is 2. The van der Waals surface area contributed by atoms with Crippen LogP contribution in [0.3, 0.4) is 0 Å². The molecule has 2 aromatic rings. The third-order valence-electron chi connectivity index (χ3n) is 5.80. The van der Waals surface area contributed by atoms with Crippen LogP contribution in [-0.2, 0) is 4.79 Å². The summed E-state index contributed by atoms with van der Waals surface area (Å²) >= 11 is 0. The Hall–Kier alpha value is -2.89. The highest BCUT2D eigenvalue weighted by atomic mass is 19.1. The lowest BCUT2D eigenvalue weighted by Gasteiger charge is -2.30. The van der Waals surface area contributed by atoms with Crippen LogP contribution in [-0.4, -0.2) is 48.9 Å².